The third-order valence-electron chi connectivity index (χ3n) is 5.42. The molecule has 1 saturated heterocycles. The molecule has 0 bridgehead atoms. The SMILES string of the molecule is CCN(CC)CC#CCN1C(=O)CC(c2ccccc2)(c2ccccc2)C1=O. The molecule has 144 valence electrons. The quantitative estimate of drug-likeness (QED) is 0.576. The number of hydrogen-bond donors (Lipinski definition) is 0. The number of hydrogen-bond acceptors (Lipinski definition) is 3. The molecule has 0 spiro atoms. The van der Waals surface area contributed by atoms with Crippen LogP contribution in [0.3, 0.4) is 0 Å². The van der Waals surface area contributed by atoms with Gasteiger partial charge in [0.1, 0.15) is 5.41 Å². The molecule has 1 fully saturated rings. The Balaban J connectivity index is 1.91. The Hall–Kier alpha value is -2.90. The molecule has 1 heterocycles. The summed E-state index contributed by atoms with van der Waals surface area (Å²) >= 11 is 0. The molecule has 1 aliphatic heterocycles. The van der Waals surface area contributed by atoms with Crippen LogP contribution in [-0.2, 0) is 15.0 Å². The predicted molar refractivity (Wildman–Crippen MR) is 111 cm³/mol. The Labute approximate surface area is 167 Å². The van der Waals surface area contributed by atoms with Gasteiger partial charge in [0.05, 0.1) is 13.1 Å². The van der Waals surface area contributed by atoms with Crippen molar-refractivity contribution >= 4 is 11.8 Å². The van der Waals surface area contributed by atoms with Gasteiger partial charge >= 0.3 is 0 Å². The van der Waals surface area contributed by atoms with Crippen LogP contribution in [0.2, 0.25) is 0 Å². The van der Waals surface area contributed by atoms with Crippen molar-refractivity contribution in [3.63, 3.8) is 0 Å². The zero-order valence-corrected chi connectivity index (χ0v) is 16.5. The van der Waals surface area contributed by atoms with E-state index < -0.39 is 5.41 Å². The van der Waals surface area contributed by atoms with Gasteiger partial charge in [-0.15, -0.1) is 0 Å². The maximum absolute atomic E-state index is 13.5. The van der Waals surface area contributed by atoms with E-state index in [0.29, 0.717) is 6.54 Å². The molecule has 0 unspecified atom stereocenters. The Kier molecular flexibility index (Phi) is 6.28. The highest BCUT2D eigenvalue weighted by molar-refractivity contribution is 6.11. The van der Waals surface area contributed by atoms with E-state index in [1.165, 1.54) is 4.90 Å². The lowest BCUT2D eigenvalue weighted by molar-refractivity contribution is -0.138. The van der Waals surface area contributed by atoms with Crippen molar-refractivity contribution in [1.82, 2.24) is 9.80 Å². The van der Waals surface area contributed by atoms with Crippen molar-refractivity contribution in [2.45, 2.75) is 25.7 Å². The van der Waals surface area contributed by atoms with Crippen molar-refractivity contribution in [2.75, 3.05) is 26.2 Å². The monoisotopic (exact) mass is 374 g/mol. The smallest absolute Gasteiger partial charge is 0.245 e. The van der Waals surface area contributed by atoms with E-state index >= 15 is 0 Å². The Morgan fingerprint density at radius 3 is 1.93 bits per heavy atom. The number of rotatable bonds is 6. The molecule has 0 N–H and O–H groups in total. The van der Waals surface area contributed by atoms with Gasteiger partial charge in [-0.25, -0.2) is 0 Å². The second-order valence-corrected chi connectivity index (χ2v) is 6.91. The normalized spacial score (nSPS) is 15.6. The molecule has 0 atom stereocenters. The Morgan fingerprint density at radius 2 is 1.43 bits per heavy atom. The molecule has 2 aromatic rings. The van der Waals surface area contributed by atoms with Crippen LogP contribution in [-0.4, -0.2) is 47.8 Å². The van der Waals surface area contributed by atoms with Gasteiger partial charge in [0.25, 0.3) is 0 Å². The summed E-state index contributed by atoms with van der Waals surface area (Å²) in [6.07, 6.45) is 0.136. The topological polar surface area (TPSA) is 40.6 Å². The van der Waals surface area contributed by atoms with Crippen LogP contribution in [0.25, 0.3) is 0 Å². The molecule has 3 rings (SSSR count). The largest absolute Gasteiger partial charge is 0.293 e. The molecule has 4 nitrogen and oxygen atoms in total. The van der Waals surface area contributed by atoms with Crippen LogP contribution < -0.4 is 0 Å². The first kappa shape index (κ1) is 19.9. The van der Waals surface area contributed by atoms with Crippen LogP contribution in [0.5, 0.6) is 0 Å². The van der Waals surface area contributed by atoms with Gasteiger partial charge in [-0.1, -0.05) is 86.4 Å². The molecule has 0 aliphatic carbocycles. The maximum Gasteiger partial charge on any atom is 0.245 e. The van der Waals surface area contributed by atoms with Crippen LogP contribution in [0, 0.1) is 11.8 Å². The third kappa shape index (κ3) is 3.72. The van der Waals surface area contributed by atoms with Crippen LogP contribution in [0.4, 0.5) is 0 Å². The van der Waals surface area contributed by atoms with E-state index in [1.807, 2.05) is 60.7 Å². The van der Waals surface area contributed by atoms with Gasteiger partial charge in [-0.3, -0.25) is 19.4 Å². The highest BCUT2D eigenvalue weighted by Crippen LogP contribution is 2.42. The van der Waals surface area contributed by atoms with Crippen molar-refractivity contribution in [2.24, 2.45) is 0 Å². The summed E-state index contributed by atoms with van der Waals surface area (Å²) in [6, 6.07) is 19.2. The average Bonchev–Trinajstić information content (AvgIpc) is 3.00. The van der Waals surface area contributed by atoms with Crippen molar-refractivity contribution < 1.29 is 9.59 Å². The van der Waals surface area contributed by atoms with E-state index in [1.54, 1.807) is 0 Å². The van der Waals surface area contributed by atoms with Gasteiger partial charge in [-0.05, 0) is 24.2 Å². The first-order chi connectivity index (χ1) is 13.6. The van der Waals surface area contributed by atoms with Gasteiger partial charge in [0, 0.05) is 6.42 Å². The number of nitrogens with zero attached hydrogens (tertiary/aromatic N) is 2. The summed E-state index contributed by atoms with van der Waals surface area (Å²) in [7, 11) is 0. The van der Waals surface area contributed by atoms with Crippen molar-refractivity contribution in [3.05, 3.63) is 71.8 Å². The lowest BCUT2D eigenvalue weighted by atomic mass is 9.73. The van der Waals surface area contributed by atoms with Crippen LogP contribution in [0.1, 0.15) is 31.4 Å². The summed E-state index contributed by atoms with van der Waals surface area (Å²) in [5.41, 5.74) is 0.719. The molecule has 0 radical (unpaired) electrons. The van der Waals surface area contributed by atoms with E-state index in [2.05, 4.69) is 30.6 Å². The summed E-state index contributed by atoms with van der Waals surface area (Å²) < 4.78 is 0. The summed E-state index contributed by atoms with van der Waals surface area (Å²) in [5, 5.41) is 0. The highest BCUT2D eigenvalue weighted by atomic mass is 16.2. The molecule has 1 aliphatic rings. The number of amides is 2. The number of carbonyl (C=O) groups is 2. The van der Waals surface area contributed by atoms with Crippen molar-refractivity contribution in [3.8, 4) is 11.8 Å². The van der Waals surface area contributed by atoms with Gasteiger partial charge in [0.2, 0.25) is 11.8 Å². The molecule has 2 amide bonds. The van der Waals surface area contributed by atoms with Gasteiger partial charge in [0.15, 0.2) is 0 Å². The fraction of sp³-hybridized carbons (Fsp3) is 0.333. The number of imide groups is 1. The van der Waals surface area contributed by atoms with E-state index in [-0.39, 0.29) is 24.8 Å². The number of likely N-dealkylation sites (tertiary alicyclic amines) is 1. The minimum absolute atomic E-state index is 0.136. The van der Waals surface area contributed by atoms with E-state index in [4.69, 9.17) is 0 Å². The lowest BCUT2D eigenvalue weighted by Gasteiger charge is -2.27. The summed E-state index contributed by atoms with van der Waals surface area (Å²) in [6.45, 7) is 6.82. The van der Waals surface area contributed by atoms with E-state index in [9.17, 15) is 9.59 Å². The predicted octanol–water partition coefficient (Wildman–Crippen LogP) is 3.08. The molecule has 0 aromatic heterocycles. The lowest BCUT2D eigenvalue weighted by Crippen LogP contribution is -2.39. The summed E-state index contributed by atoms with van der Waals surface area (Å²) in [4.78, 5) is 29.8. The molecule has 0 saturated carbocycles. The standard InChI is InChI=1S/C24H26N2O2/c1-3-25(4-2)17-11-12-18-26-22(27)19-24(23(26)28,20-13-7-5-8-14-20)21-15-9-6-10-16-21/h5-10,13-16H,3-4,17-19H2,1-2H3. The minimum atomic E-state index is -0.972. The Morgan fingerprint density at radius 1 is 0.893 bits per heavy atom. The van der Waals surface area contributed by atoms with Crippen molar-refractivity contribution in [1.29, 1.82) is 0 Å². The highest BCUT2D eigenvalue weighted by Gasteiger charge is 2.53. The molecular weight excluding hydrogens is 348 g/mol. The molecule has 2 aromatic carbocycles. The van der Waals surface area contributed by atoms with Gasteiger partial charge < -0.3 is 0 Å². The molecular formula is C24H26N2O2. The minimum Gasteiger partial charge on any atom is -0.293 e. The zero-order valence-electron chi connectivity index (χ0n) is 16.5. The van der Waals surface area contributed by atoms with Crippen LogP contribution >= 0.6 is 0 Å². The maximum atomic E-state index is 13.5. The second kappa shape index (κ2) is 8.86. The third-order valence-corrected chi connectivity index (χ3v) is 5.42. The van der Waals surface area contributed by atoms with Gasteiger partial charge in [-0.2, -0.15) is 0 Å². The molecule has 4 heteroatoms. The molecule has 28 heavy (non-hydrogen) atoms. The first-order valence-electron chi connectivity index (χ1n) is 9.77. The number of benzene rings is 2. The van der Waals surface area contributed by atoms with Crippen LogP contribution in [0.15, 0.2) is 60.7 Å². The number of carbonyl (C=O) groups excluding carboxylic acids is 2. The Bertz CT molecular complexity index is 838. The average molecular weight is 374 g/mol. The fourth-order valence-electron chi connectivity index (χ4n) is 3.71. The zero-order chi connectivity index (χ0) is 20.0. The summed E-state index contributed by atoms with van der Waals surface area (Å²) in [5.74, 6) is 5.75. The fourth-order valence-corrected chi connectivity index (χ4v) is 3.71. The van der Waals surface area contributed by atoms with E-state index in [0.717, 1.165) is 24.2 Å². The first-order valence-corrected chi connectivity index (χ1v) is 9.77. The second-order valence-electron chi connectivity index (χ2n) is 6.91.